The Morgan fingerprint density at radius 3 is 2.52 bits per heavy atom. The molecule has 3 rings (SSSR count). The van der Waals surface area contributed by atoms with Gasteiger partial charge in [0.15, 0.2) is 5.78 Å². The van der Waals surface area contributed by atoms with Crippen molar-refractivity contribution >= 4 is 16.8 Å². The van der Waals surface area contributed by atoms with E-state index in [1.165, 1.54) is 18.2 Å². The van der Waals surface area contributed by atoms with E-state index in [4.69, 9.17) is 4.42 Å². The number of phenolic OH excluding ortho intramolecular Hbond substituents is 1. The molecule has 21 heavy (non-hydrogen) atoms. The fourth-order valence-corrected chi connectivity index (χ4v) is 2.40. The zero-order valence-corrected chi connectivity index (χ0v) is 11.3. The van der Waals surface area contributed by atoms with Crippen molar-refractivity contribution in [3.8, 4) is 5.75 Å². The van der Waals surface area contributed by atoms with E-state index < -0.39 is 5.63 Å². The van der Waals surface area contributed by atoms with E-state index in [0.717, 1.165) is 0 Å². The summed E-state index contributed by atoms with van der Waals surface area (Å²) >= 11 is 0. The van der Waals surface area contributed by atoms with E-state index in [1.54, 1.807) is 31.2 Å². The summed E-state index contributed by atoms with van der Waals surface area (Å²) in [5, 5.41) is 10.6. The van der Waals surface area contributed by atoms with E-state index in [9.17, 15) is 14.7 Å². The second-order valence-corrected chi connectivity index (χ2v) is 4.78. The zero-order valence-electron chi connectivity index (χ0n) is 11.3. The SMILES string of the molecule is Cc1cc(=O)oc2ccc(O)c(C(=O)c3ccccc3)c12. The van der Waals surface area contributed by atoms with Crippen molar-refractivity contribution in [1.29, 1.82) is 0 Å². The molecule has 0 aliphatic carbocycles. The lowest BCUT2D eigenvalue weighted by Gasteiger charge is -2.09. The van der Waals surface area contributed by atoms with Gasteiger partial charge in [-0.1, -0.05) is 30.3 Å². The van der Waals surface area contributed by atoms with Gasteiger partial charge in [-0.15, -0.1) is 0 Å². The summed E-state index contributed by atoms with van der Waals surface area (Å²) in [6.45, 7) is 1.71. The number of ketones is 1. The Kier molecular flexibility index (Phi) is 3.06. The summed E-state index contributed by atoms with van der Waals surface area (Å²) in [7, 11) is 0. The van der Waals surface area contributed by atoms with E-state index in [-0.39, 0.29) is 22.7 Å². The highest BCUT2D eigenvalue weighted by molar-refractivity contribution is 6.18. The van der Waals surface area contributed by atoms with Gasteiger partial charge in [0, 0.05) is 17.0 Å². The summed E-state index contributed by atoms with van der Waals surface area (Å²) < 4.78 is 5.11. The van der Waals surface area contributed by atoms with Crippen LogP contribution in [0.1, 0.15) is 21.5 Å². The first-order valence-electron chi connectivity index (χ1n) is 6.44. The Hall–Kier alpha value is -2.88. The normalized spacial score (nSPS) is 10.7. The summed E-state index contributed by atoms with van der Waals surface area (Å²) in [5.41, 5.74) is 1.02. The predicted octanol–water partition coefficient (Wildman–Crippen LogP) is 3.04. The molecule has 0 bridgehead atoms. The van der Waals surface area contributed by atoms with Crippen molar-refractivity contribution in [3.63, 3.8) is 0 Å². The molecule has 0 saturated carbocycles. The van der Waals surface area contributed by atoms with Crippen LogP contribution in [0.4, 0.5) is 0 Å². The average Bonchev–Trinajstić information content (AvgIpc) is 2.48. The maximum absolute atomic E-state index is 12.6. The van der Waals surface area contributed by atoms with Gasteiger partial charge in [-0.2, -0.15) is 0 Å². The smallest absolute Gasteiger partial charge is 0.336 e. The molecule has 3 aromatic rings. The van der Waals surface area contributed by atoms with Crippen molar-refractivity contribution in [3.05, 3.63) is 75.6 Å². The van der Waals surface area contributed by atoms with Crippen LogP contribution in [0.3, 0.4) is 0 Å². The zero-order chi connectivity index (χ0) is 15.0. The first-order chi connectivity index (χ1) is 10.1. The lowest BCUT2D eigenvalue weighted by Crippen LogP contribution is -2.06. The minimum atomic E-state index is -0.483. The molecule has 1 aromatic heterocycles. The number of hydrogen-bond acceptors (Lipinski definition) is 4. The van der Waals surface area contributed by atoms with Gasteiger partial charge in [0.2, 0.25) is 0 Å². The van der Waals surface area contributed by atoms with Gasteiger partial charge in [0.1, 0.15) is 11.3 Å². The Balaban J connectivity index is 2.34. The second kappa shape index (κ2) is 4.90. The number of benzene rings is 2. The molecule has 104 valence electrons. The highest BCUT2D eigenvalue weighted by Gasteiger charge is 2.19. The molecule has 0 fully saturated rings. The van der Waals surface area contributed by atoms with Gasteiger partial charge in [0.05, 0.1) is 5.56 Å². The standard InChI is InChI=1S/C17H12O4/c1-10-9-14(19)21-13-8-7-12(18)16(15(10)13)17(20)11-5-3-2-4-6-11/h2-9,18H,1H3. The fourth-order valence-electron chi connectivity index (χ4n) is 2.40. The number of phenols is 1. The molecule has 0 radical (unpaired) electrons. The minimum absolute atomic E-state index is 0.131. The fraction of sp³-hybridized carbons (Fsp3) is 0.0588. The average molecular weight is 280 g/mol. The first-order valence-corrected chi connectivity index (χ1v) is 6.44. The number of hydrogen-bond donors (Lipinski definition) is 1. The van der Waals surface area contributed by atoms with Crippen LogP contribution >= 0.6 is 0 Å². The molecule has 1 N–H and O–H groups in total. The topological polar surface area (TPSA) is 67.5 Å². The largest absolute Gasteiger partial charge is 0.507 e. The summed E-state index contributed by atoms with van der Waals surface area (Å²) in [6, 6.07) is 12.8. The molecular formula is C17H12O4. The van der Waals surface area contributed by atoms with Crippen LogP contribution in [0, 0.1) is 6.92 Å². The van der Waals surface area contributed by atoms with Crippen LogP contribution in [0.5, 0.6) is 5.75 Å². The van der Waals surface area contributed by atoms with Crippen LogP contribution in [0.2, 0.25) is 0 Å². The number of carbonyl (C=O) groups excluding carboxylic acids is 1. The number of fused-ring (bicyclic) bond motifs is 1. The summed E-state index contributed by atoms with van der Waals surface area (Å²) in [5.74, 6) is -0.441. The van der Waals surface area contributed by atoms with Crippen LogP contribution in [-0.4, -0.2) is 10.9 Å². The van der Waals surface area contributed by atoms with Gasteiger partial charge in [0.25, 0.3) is 0 Å². The third-order valence-corrected chi connectivity index (χ3v) is 3.35. The Labute approximate surface area is 120 Å². The number of aryl methyl sites for hydroxylation is 1. The van der Waals surface area contributed by atoms with Crippen LogP contribution < -0.4 is 5.63 Å². The third kappa shape index (κ3) is 2.21. The van der Waals surface area contributed by atoms with Gasteiger partial charge >= 0.3 is 5.63 Å². The predicted molar refractivity (Wildman–Crippen MR) is 78.8 cm³/mol. The molecule has 0 aliphatic rings. The molecular weight excluding hydrogens is 268 g/mol. The lowest BCUT2D eigenvalue weighted by atomic mass is 9.96. The third-order valence-electron chi connectivity index (χ3n) is 3.35. The molecule has 2 aromatic carbocycles. The highest BCUT2D eigenvalue weighted by Crippen LogP contribution is 2.30. The maximum atomic E-state index is 12.6. The number of carbonyl (C=O) groups is 1. The molecule has 0 unspecified atom stereocenters. The summed E-state index contributed by atoms with van der Waals surface area (Å²) in [4.78, 5) is 24.1. The molecule has 0 aliphatic heterocycles. The number of aromatic hydroxyl groups is 1. The maximum Gasteiger partial charge on any atom is 0.336 e. The van der Waals surface area contributed by atoms with Crippen molar-refractivity contribution in [2.45, 2.75) is 6.92 Å². The van der Waals surface area contributed by atoms with Gasteiger partial charge in [-0.05, 0) is 24.6 Å². The quantitative estimate of drug-likeness (QED) is 0.578. The van der Waals surface area contributed by atoms with Gasteiger partial charge in [-0.3, -0.25) is 4.79 Å². The molecule has 0 amide bonds. The van der Waals surface area contributed by atoms with Crippen molar-refractivity contribution in [2.75, 3.05) is 0 Å². The molecule has 1 heterocycles. The lowest BCUT2D eigenvalue weighted by molar-refractivity contribution is 0.103. The van der Waals surface area contributed by atoms with Crippen molar-refractivity contribution in [1.82, 2.24) is 0 Å². The van der Waals surface area contributed by atoms with Crippen molar-refractivity contribution < 1.29 is 14.3 Å². The highest BCUT2D eigenvalue weighted by atomic mass is 16.4. The number of rotatable bonds is 2. The Morgan fingerprint density at radius 1 is 1.10 bits per heavy atom. The molecule has 4 heteroatoms. The Morgan fingerprint density at radius 2 is 1.81 bits per heavy atom. The van der Waals surface area contributed by atoms with E-state index >= 15 is 0 Å². The molecule has 0 spiro atoms. The van der Waals surface area contributed by atoms with Crippen LogP contribution in [-0.2, 0) is 0 Å². The summed E-state index contributed by atoms with van der Waals surface area (Å²) in [6.07, 6.45) is 0. The first kappa shape index (κ1) is 13.1. The van der Waals surface area contributed by atoms with Crippen LogP contribution in [0.25, 0.3) is 11.0 Å². The monoisotopic (exact) mass is 280 g/mol. The van der Waals surface area contributed by atoms with E-state index in [2.05, 4.69) is 0 Å². The van der Waals surface area contributed by atoms with Crippen molar-refractivity contribution in [2.24, 2.45) is 0 Å². The molecule has 4 nitrogen and oxygen atoms in total. The molecule has 0 atom stereocenters. The second-order valence-electron chi connectivity index (χ2n) is 4.78. The molecule has 0 saturated heterocycles. The Bertz CT molecular complexity index is 892. The van der Waals surface area contributed by atoms with E-state index in [1.807, 2.05) is 6.07 Å². The van der Waals surface area contributed by atoms with Gasteiger partial charge in [-0.25, -0.2) is 4.79 Å². The van der Waals surface area contributed by atoms with Crippen LogP contribution in [0.15, 0.2) is 57.7 Å². The minimum Gasteiger partial charge on any atom is -0.507 e. The van der Waals surface area contributed by atoms with Gasteiger partial charge < -0.3 is 9.52 Å². The van der Waals surface area contributed by atoms with E-state index in [0.29, 0.717) is 16.5 Å².